The molecule has 28 heavy (non-hydrogen) atoms. The number of rotatable bonds is 5. The number of fused-ring (bicyclic) bond motifs is 1. The smallest absolute Gasteiger partial charge is 0.217 e. The van der Waals surface area contributed by atoms with Crippen molar-refractivity contribution >= 4 is 20.9 Å². The number of hydrogen-bond donors (Lipinski definition) is 1. The van der Waals surface area contributed by atoms with Gasteiger partial charge in [0.1, 0.15) is 0 Å². The molecule has 2 fully saturated rings. The molecule has 3 aromatic rings. The van der Waals surface area contributed by atoms with Crippen LogP contribution in [0.15, 0.2) is 42.9 Å². The molecule has 0 radical (unpaired) electrons. The van der Waals surface area contributed by atoms with Crippen molar-refractivity contribution in [3.8, 4) is 11.1 Å². The average Bonchev–Trinajstić information content (AvgIpc) is 3.33. The number of nitrogens with zero attached hydrogens (tertiary/aromatic N) is 3. The van der Waals surface area contributed by atoms with E-state index in [2.05, 4.69) is 52.2 Å². The average molecular weight is 399 g/mol. The van der Waals surface area contributed by atoms with E-state index in [4.69, 9.17) is 0 Å². The van der Waals surface area contributed by atoms with E-state index in [-0.39, 0.29) is 11.3 Å². The molecule has 2 aromatic heterocycles. The summed E-state index contributed by atoms with van der Waals surface area (Å²) in [6, 6.07) is 8.69. The molecule has 0 bridgehead atoms. The first-order valence-electron chi connectivity index (χ1n) is 10.1. The third-order valence-electron chi connectivity index (χ3n) is 6.46. The van der Waals surface area contributed by atoms with E-state index in [9.17, 15) is 8.42 Å². The zero-order chi connectivity index (χ0) is 19.3. The Morgan fingerprint density at radius 2 is 2.07 bits per heavy atom. The van der Waals surface area contributed by atoms with E-state index in [0.717, 1.165) is 43.4 Å². The molecule has 2 unspecified atom stereocenters. The molecule has 6 nitrogen and oxygen atoms in total. The van der Waals surface area contributed by atoms with Crippen LogP contribution < -0.4 is 0 Å². The van der Waals surface area contributed by atoms with Crippen LogP contribution in [0.3, 0.4) is 0 Å². The van der Waals surface area contributed by atoms with E-state index >= 15 is 0 Å². The zero-order valence-corrected chi connectivity index (χ0v) is 16.9. The Labute approximate surface area is 165 Å². The van der Waals surface area contributed by atoms with Gasteiger partial charge in [0.2, 0.25) is 10.0 Å². The molecule has 0 spiro atoms. The number of hydrogen-bond acceptors (Lipinski definition) is 3. The second kappa shape index (κ2) is 6.74. The third-order valence-corrected chi connectivity index (χ3v) is 8.94. The molecule has 1 saturated carbocycles. The van der Waals surface area contributed by atoms with E-state index in [1.165, 1.54) is 10.9 Å². The molecule has 1 aliphatic heterocycles. The van der Waals surface area contributed by atoms with Crippen LogP contribution in [0.25, 0.3) is 22.0 Å². The van der Waals surface area contributed by atoms with Gasteiger partial charge >= 0.3 is 0 Å². The predicted molar refractivity (Wildman–Crippen MR) is 110 cm³/mol. The van der Waals surface area contributed by atoms with Crippen molar-refractivity contribution in [2.45, 2.75) is 50.4 Å². The lowest BCUT2D eigenvalue weighted by atomic mass is 10.0. The van der Waals surface area contributed by atoms with Crippen molar-refractivity contribution in [3.05, 3.63) is 42.9 Å². The van der Waals surface area contributed by atoms with E-state index < -0.39 is 10.0 Å². The van der Waals surface area contributed by atoms with Gasteiger partial charge in [0.05, 0.1) is 11.4 Å². The maximum Gasteiger partial charge on any atom is 0.217 e. The monoisotopic (exact) mass is 398 g/mol. The summed E-state index contributed by atoms with van der Waals surface area (Å²) in [5.74, 6) is 0.356. The number of benzene rings is 1. The van der Waals surface area contributed by atoms with Gasteiger partial charge in [-0.2, -0.15) is 9.40 Å². The van der Waals surface area contributed by atoms with Gasteiger partial charge in [-0.05, 0) is 55.9 Å². The number of aromatic nitrogens is 3. The molecule has 148 valence electrons. The molecule has 1 saturated heterocycles. The van der Waals surface area contributed by atoms with Crippen LogP contribution in [-0.2, 0) is 16.6 Å². The Bertz CT molecular complexity index is 1080. The standard InChI is InChI=1S/C21H26N4O2S/c1-15-9-16(14-25(15)28(26,27)20-3-2-4-20)13-24-8-7-18-10-17(5-6-21(18)24)19-11-22-23-12-19/h5-8,10-12,15-16,20H,2-4,9,13-14H2,1H3,(H,22,23). The number of H-pyrrole nitrogens is 1. The first-order chi connectivity index (χ1) is 13.5. The highest BCUT2D eigenvalue weighted by atomic mass is 32.2. The molecule has 2 atom stereocenters. The van der Waals surface area contributed by atoms with Crippen LogP contribution >= 0.6 is 0 Å². The summed E-state index contributed by atoms with van der Waals surface area (Å²) < 4.78 is 29.7. The summed E-state index contributed by atoms with van der Waals surface area (Å²) in [5.41, 5.74) is 3.42. The lowest BCUT2D eigenvalue weighted by molar-refractivity contribution is 0.370. The fourth-order valence-corrected chi connectivity index (χ4v) is 7.00. The van der Waals surface area contributed by atoms with Crippen LogP contribution in [0.1, 0.15) is 32.6 Å². The topological polar surface area (TPSA) is 71.0 Å². The summed E-state index contributed by atoms with van der Waals surface area (Å²) in [4.78, 5) is 0. The van der Waals surface area contributed by atoms with Gasteiger partial charge in [-0.3, -0.25) is 5.10 Å². The van der Waals surface area contributed by atoms with Crippen molar-refractivity contribution < 1.29 is 8.42 Å². The molecule has 1 N–H and O–H groups in total. The molecule has 5 rings (SSSR count). The highest BCUT2D eigenvalue weighted by molar-refractivity contribution is 7.89. The van der Waals surface area contributed by atoms with Crippen molar-refractivity contribution in [2.75, 3.05) is 6.54 Å². The van der Waals surface area contributed by atoms with Gasteiger partial charge in [-0.15, -0.1) is 0 Å². The van der Waals surface area contributed by atoms with Crippen molar-refractivity contribution in [2.24, 2.45) is 5.92 Å². The Balaban J connectivity index is 1.34. The summed E-state index contributed by atoms with van der Waals surface area (Å²) in [7, 11) is -3.12. The fourth-order valence-electron chi connectivity index (χ4n) is 4.68. The van der Waals surface area contributed by atoms with Gasteiger partial charge in [0.25, 0.3) is 0 Å². The highest BCUT2D eigenvalue weighted by Crippen LogP contribution is 2.35. The van der Waals surface area contributed by atoms with Crippen molar-refractivity contribution in [1.29, 1.82) is 0 Å². The molecule has 1 aliphatic carbocycles. The summed E-state index contributed by atoms with van der Waals surface area (Å²) in [6.07, 6.45) is 9.49. The third kappa shape index (κ3) is 2.97. The van der Waals surface area contributed by atoms with Gasteiger partial charge in [-0.25, -0.2) is 8.42 Å². The molecule has 1 aromatic carbocycles. The molecule has 7 heteroatoms. The number of sulfonamides is 1. The maximum absolute atomic E-state index is 12.8. The Morgan fingerprint density at radius 1 is 1.21 bits per heavy atom. The predicted octanol–water partition coefficient (Wildman–Crippen LogP) is 3.62. The fraction of sp³-hybridized carbons (Fsp3) is 0.476. The Kier molecular flexibility index (Phi) is 4.32. The second-order valence-electron chi connectivity index (χ2n) is 8.35. The van der Waals surface area contributed by atoms with Crippen molar-refractivity contribution in [3.63, 3.8) is 0 Å². The van der Waals surface area contributed by atoms with E-state index in [0.29, 0.717) is 12.5 Å². The van der Waals surface area contributed by atoms with Crippen LogP contribution in [-0.4, -0.2) is 45.3 Å². The summed E-state index contributed by atoms with van der Waals surface area (Å²) >= 11 is 0. The first-order valence-corrected chi connectivity index (χ1v) is 11.6. The maximum atomic E-state index is 12.8. The quantitative estimate of drug-likeness (QED) is 0.713. The van der Waals surface area contributed by atoms with Gasteiger partial charge in [0, 0.05) is 48.0 Å². The molecular formula is C21H26N4O2S. The van der Waals surface area contributed by atoms with Crippen LogP contribution in [0.5, 0.6) is 0 Å². The molecule has 3 heterocycles. The zero-order valence-electron chi connectivity index (χ0n) is 16.1. The highest BCUT2D eigenvalue weighted by Gasteiger charge is 2.42. The normalized spacial score (nSPS) is 24.0. The number of nitrogens with one attached hydrogen (secondary N) is 1. The van der Waals surface area contributed by atoms with E-state index in [1.54, 1.807) is 4.31 Å². The van der Waals surface area contributed by atoms with Gasteiger partial charge < -0.3 is 4.57 Å². The molecule has 0 amide bonds. The van der Waals surface area contributed by atoms with Crippen LogP contribution in [0, 0.1) is 5.92 Å². The summed E-state index contributed by atoms with van der Waals surface area (Å²) in [6.45, 7) is 3.56. The minimum absolute atomic E-state index is 0.102. The lowest BCUT2D eigenvalue weighted by Crippen LogP contribution is -2.43. The SMILES string of the molecule is CC1CC(Cn2ccc3cc(-c4cn[nH]c4)ccc32)CN1S(=O)(=O)C1CCC1. The number of aromatic amines is 1. The Hall–Kier alpha value is -2.12. The van der Waals surface area contributed by atoms with E-state index in [1.807, 2.05) is 12.4 Å². The first kappa shape index (κ1) is 17.9. The van der Waals surface area contributed by atoms with Gasteiger partial charge in [0.15, 0.2) is 0 Å². The minimum Gasteiger partial charge on any atom is -0.347 e. The van der Waals surface area contributed by atoms with Crippen LogP contribution in [0.2, 0.25) is 0 Å². The largest absolute Gasteiger partial charge is 0.347 e. The van der Waals surface area contributed by atoms with Crippen LogP contribution in [0.4, 0.5) is 0 Å². The lowest BCUT2D eigenvalue weighted by Gasteiger charge is -2.32. The van der Waals surface area contributed by atoms with Gasteiger partial charge in [-0.1, -0.05) is 12.5 Å². The van der Waals surface area contributed by atoms with Crippen molar-refractivity contribution in [1.82, 2.24) is 19.1 Å². The molecular weight excluding hydrogens is 372 g/mol. The summed E-state index contributed by atoms with van der Waals surface area (Å²) in [5, 5.41) is 7.94. The molecule has 2 aliphatic rings. The second-order valence-corrected chi connectivity index (χ2v) is 10.5. The Morgan fingerprint density at radius 3 is 2.79 bits per heavy atom. The minimum atomic E-state index is -3.12.